The van der Waals surface area contributed by atoms with Crippen molar-refractivity contribution in [1.29, 1.82) is 0 Å². The van der Waals surface area contributed by atoms with Crippen LogP contribution in [0.25, 0.3) is 22.3 Å². The molecule has 0 atom stereocenters. The Morgan fingerprint density at radius 1 is 0.889 bits per heavy atom. The molecule has 1 radical (unpaired) electrons. The summed E-state index contributed by atoms with van der Waals surface area (Å²) in [7, 11) is 0. The lowest BCUT2D eigenvalue weighted by Crippen LogP contribution is -1.90. The number of para-hydroxylation sites is 1. The zero-order chi connectivity index (χ0) is 12.5. The van der Waals surface area contributed by atoms with Crippen LogP contribution in [-0.4, -0.2) is 9.97 Å². The summed E-state index contributed by atoms with van der Waals surface area (Å²) in [5.74, 6) is 0.168. The van der Waals surface area contributed by atoms with Gasteiger partial charge in [-0.15, -0.1) is 0 Å². The lowest BCUT2D eigenvalue weighted by Gasteiger charge is -2.03. The van der Waals surface area contributed by atoms with Gasteiger partial charge in [0.25, 0.3) is 5.88 Å². The van der Waals surface area contributed by atoms with Crippen LogP contribution in [0.4, 0.5) is 0 Å². The van der Waals surface area contributed by atoms with Gasteiger partial charge in [0, 0.05) is 10.6 Å². The Hall–Kier alpha value is -2.13. The van der Waals surface area contributed by atoms with Gasteiger partial charge < -0.3 is 0 Å². The third kappa shape index (κ3) is 1.89. The van der Waals surface area contributed by atoms with E-state index in [2.05, 4.69) is 9.97 Å². The summed E-state index contributed by atoms with van der Waals surface area (Å²) in [4.78, 5) is 8.37. The van der Waals surface area contributed by atoms with Gasteiger partial charge in [-0.05, 0) is 36.4 Å². The third-order valence-corrected chi connectivity index (χ3v) is 2.92. The molecule has 0 fully saturated rings. The molecule has 0 unspecified atom stereocenters. The molecule has 3 rings (SSSR count). The Balaban J connectivity index is 2.21. The van der Waals surface area contributed by atoms with Crippen LogP contribution >= 0.6 is 11.6 Å². The van der Waals surface area contributed by atoms with Crippen LogP contribution in [0, 0.1) is 0 Å². The molecule has 0 aliphatic carbocycles. The lowest BCUT2D eigenvalue weighted by atomic mass is 10.2. The Kier molecular flexibility index (Phi) is 2.61. The number of hydrogen-bond donors (Lipinski definition) is 0. The molecule has 0 amide bonds. The van der Waals surface area contributed by atoms with Crippen LogP contribution in [0.15, 0.2) is 48.5 Å². The Morgan fingerprint density at radius 3 is 2.39 bits per heavy atom. The van der Waals surface area contributed by atoms with Crippen LogP contribution < -0.4 is 0 Å². The highest BCUT2D eigenvalue weighted by molar-refractivity contribution is 6.30. The molecule has 3 aromatic rings. The standard InChI is InChI=1S/C14H8ClN2O/c15-10-7-5-9(6-8-10)13-16-12-4-2-1-3-11(12)14(18)17-13/h1-8H. The minimum Gasteiger partial charge on any atom is -0.267 e. The first kappa shape index (κ1) is 11.0. The monoisotopic (exact) mass is 255 g/mol. The van der Waals surface area contributed by atoms with Crippen molar-refractivity contribution in [2.24, 2.45) is 0 Å². The molecular formula is C14H8ClN2O. The molecule has 0 saturated heterocycles. The summed E-state index contributed by atoms with van der Waals surface area (Å²) >= 11 is 5.82. The van der Waals surface area contributed by atoms with Crippen molar-refractivity contribution in [3.05, 3.63) is 53.6 Å². The van der Waals surface area contributed by atoms with Crippen LogP contribution in [0.3, 0.4) is 0 Å². The van der Waals surface area contributed by atoms with Gasteiger partial charge in [-0.3, -0.25) is 5.11 Å². The van der Waals surface area contributed by atoms with E-state index in [1.54, 1.807) is 42.5 Å². The zero-order valence-electron chi connectivity index (χ0n) is 9.30. The number of nitrogens with zero attached hydrogens (tertiary/aromatic N) is 2. The summed E-state index contributed by atoms with van der Waals surface area (Å²) < 4.78 is 0. The Morgan fingerprint density at radius 2 is 1.61 bits per heavy atom. The van der Waals surface area contributed by atoms with Gasteiger partial charge in [-0.1, -0.05) is 23.7 Å². The van der Waals surface area contributed by atoms with Crippen LogP contribution in [0.2, 0.25) is 5.02 Å². The summed E-state index contributed by atoms with van der Waals surface area (Å²) in [5, 5.41) is 13.0. The Bertz CT molecular complexity index is 711. The highest BCUT2D eigenvalue weighted by Crippen LogP contribution is 2.26. The second kappa shape index (κ2) is 4.27. The smallest absolute Gasteiger partial charge is 0.267 e. The molecule has 0 saturated carbocycles. The zero-order valence-corrected chi connectivity index (χ0v) is 10.1. The molecule has 87 valence electrons. The first-order chi connectivity index (χ1) is 8.74. The van der Waals surface area contributed by atoms with Gasteiger partial charge in [0.1, 0.15) is 0 Å². The first-order valence-electron chi connectivity index (χ1n) is 5.44. The summed E-state index contributed by atoms with van der Waals surface area (Å²) in [6.07, 6.45) is 0. The fraction of sp³-hybridized carbons (Fsp3) is 0. The van der Waals surface area contributed by atoms with Gasteiger partial charge in [0.2, 0.25) is 0 Å². The van der Waals surface area contributed by atoms with E-state index in [9.17, 15) is 5.11 Å². The van der Waals surface area contributed by atoms with Gasteiger partial charge in [-0.2, -0.15) is 4.98 Å². The highest BCUT2D eigenvalue weighted by Gasteiger charge is 2.09. The van der Waals surface area contributed by atoms with Gasteiger partial charge in [-0.25, -0.2) is 4.98 Å². The fourth-order valence-electron chi connectivity index (χ4n) is 1.78. The molecule has 4 heteroatoms. The number of aromatic nitrogens is 2. The number of benzene rings is 2. The molecule has 0 N–H and O–H groups in total. The summed E-state index contributed by atoms with van der Waals surface area (Å²) in [6.45, 7) is 0. The number of halogens is 1. The fourth-order valence-corrected chi connectivity index (χ4v) is 1.90. The van der Waals surface area contributed by atoms with E-state index in [0.717, 1.165) is 5.56 Å². The number of hydrogen-bond acceptors (Lipinski definition) is 2. The lowest BCUT2D eigenvalue weighted by molar-refractivity contribution is 0.343. The van der Waals surface area contributed by atoms with E-state index >= 15 is 0 Å². The topological polar surface area (TPSA) is 45.7 Å². The molecular weight excluding hydrogens is 248 g/mol. The van der Waals surface area contributed by atoms with Crippen molar-refractivity contribution in [3.8, 4) is 17.3 Å². The maximum Gasteiger partial charge on any atom is 0.281 e. The highest BCUT2D eigenvalue weighted by atomic mass is 35.5. The molecule has 0 aliphatic heterocycles. The number of fused-ring (bicyclic) bond motifs is 1. The van der Waals surface area contributed by atoms with Crippen molar-refractivity contribution < 1.29 is 5.11 Å². The van der Waals surface area contributed by atoms with Gasteiger partial charge in [0.15, 0.2) is 5.82 Å². The number of rotatable bonds is 1. The van der Waals surface area contributed by atoms with Crippen LogP contribution in [0.5, 0.6) is 5.88 Å². The van der Waals surface area contributed by atoms with Crippen molar-refractivity contribution in [3.63, 3.8) is 0 Å². The molecule has 1 heterocycles. The van der Waals surface area contributed by atoms with Crippen LogP contribution in [0.1, 0.15) is 0 Å². The molecule has 2 aromatic carbocycles. The summed E-state index contributed by atoms with van der Waals surface area (Å²) in [6, 6.07) is 14.3. The first-order valence-corrected chi connectivity index (χ1v) is 5.81. The molecule has 0 aliphatic rings. The average Bonchev–Trinajstić information content (AvgIpc) is 2.39. The molecule has 0 spiro atoms. The molecule has 0 bridgehead atoms. The van der Waals surface area contributed by atoms with E-state index in [0.29, 0.717) is 21.7 Å². The Labute approximate surface area is 109 Å². The second-order valence-corrected chi connectivity index (χ2v) is 4.31. The van der Waals surface area contributed by atoms with Crippen molar-refractivity contribution >= 4 is 22.5 Å². The minimum absolute atomic E-state index is 0.259. The SMILES string of the molecule is [O]c1nc(-c2ccc(Cl)cc2)nc2ccccc12. The molecule has 18 heavy (non-hydrogen) atoms. The van der Waals surface area contributed by atoms with Gasteiger partial charge in [0.05, 0.1) is 10.9 Å². The predicted octanol–water partition coefficient (Wildman–Crippen LogP) is 4.09. The van der Waals surface area contributed by atoms with E-state index in [1.807, 2.05) is 6.07 Å². The third-order valence-electron chi connectivity index (χ3n) is 2.67. The minimum atomic E-state index is -0.259. The maximum absolute atomic E-state index is 11.9. The quantitative estimate of drug-likeness (QED) is 0.657. The van der Waals surface area contributed by atoms with Crippen molar-refractivity contribution in [1.82, 2.24) is 9.97 Å². The largest absolute Gasteiger partial charge is 0.281 e. The summed E-state index contributed by atoms with van der Waals surface area (Å²) in [5.41, 5.74) is 1.43. The van der Waals surface area contributed by atoms with E-state index < -0.39 is 0 Å². The normalized spacial score (nSPS) is 10.7. The maximum atomic E-state index is 11.9. The second-order valence-electron chi connectivity index (χ2n) is 3.88. The molecule has 3 nitrogen and oxygen atoms in total. The van der Waals surface area contributed by atoms with E-state index in [-0.39, 0.29) is 5.88 Å². The van der Waals surface area contributed by atoms with E-state index in [4.69, 9.17) is 11.6 Å². The van der Waals surface area contributed by atoms with Crippen LogP contribution in [-0.2, 0) is 5.11 Å². The van der Waals surface area contributed by atoms with Gasteiger partial charge >= 0.3 is 0 Å². The molecule has 1 aromatic heterocycles. The predicted molar refractivity (Wildman–Crippen MR) is 70.1 cm³/mol. The van der Waals surface area contributed by atoms with Crippen molar-refractivity contribution in [2.75, 3.05) is 0 Å². The van der Waals surface area contributed by atoms with Crippen molar-refractivity contribution in [2.45, 2.75) is 0 Å². The van der Waals surface area contributed by atoms with E-state index in [1.165, 1.54) is 0 Å². The average molecular weight is 256 g/mol.